The third kappa shape index (κ3) is 4.89. The molecule has 2 aromatic carbocycles. The van der Waals surface area contributed by atoms with Gasteiger partial charge in [-0.15, -0.1) is 11.3 Å². The summed E-state index contributed by atoms with van der Waals surface area (Å²) in [7, 11) is 3.10. The van der Waals surface area contributed by atoms with Crippen molar-refractivity contribution in [2.24, 2.45) is 0 Å². The number of rotatable bonds is 8. The van der Waals surface area contributed by atoms with Crippen LogP contribution in [0.25, 0.3) is 21.3 Å². The summed E-state index contributed by atoms with van der Waals surface area (Å²) in [4.78, 5) is 30.5. The van der Waals surface area contributed by atoms with E-state index in [1.54, 1.807) is 37.0 Å². The van der Waals surface area contributed by atoms with E-state index in [-0.39, 0.29) is 17.2 Å². The van der Waals surface area contributed by atoms with Crippen molar-refractivity contribution in [3.8, 4) is 22.6 Å². The van der Waals surface area contributed by atoms with E-state index in [1.807, 2.05) is 42.6 Å². The van der Waals surface area contributed by atoms with Crippen LogP contribution in [0.2, 0.25) is 0 Å². The van der Waals surface area contributed by atoms with Crippen LogP contribution < -0.4 is 20.3 Å². The SMILES string of the molecule is CCn1c(SCC(=O)Nc2cc(OC)cc(OC)c2)nc2c(-c3ccccc3)csc2c1=O. The molecule has 0 aliphatic rings. The van der Waals surface area contributed by atoms with Crippen LogP contribution in [0.4, 0.5) is 5.69 Å². The molecule has 2 heterocycles. The summed E-state index contributed by atoms with van der Waals surface area (Å²) in [6, 6.07) is 15.0. The Bertz CT molecular complexity index is 1330. The van der Waals surface area contributed by atoms with Crippen molar-refractivity contribution >= 4 is 44.9 Å². The number of fused-ring (bicyclic) bond motifs is 1. The molecule has 33 heavy (non-hydrogen) atoms. The van der Waals surface area contributed by atoms with Crippen LogP contribution >= 0.6 is 23.1 Å². The van der Waals surface area contributed by atoms with E-state index in [4.69, 9.17) is 14.5 Å². The minimum atomic E-state index is -0.221. The number of aromatic nitrogens is 2. The van der Waals surface area contributed by atoms with Gasteiger partial charge in [0.05, 0.1) is 25.5 Å². The van der Waals surface area contributed by atoms with Gasteiger partial charge in [0, 0.05) is 41.4 Å². The lowest BCUT2D eigenvalue weighted by Gasteiger charge is -2.12. The summed E-state index contributed by atoms with van der Waals surface area (Å²) < 4.78 is 12.7. The molecule has 1 amide bonds. The fourth-order valence-corrected chi connectivity index (χ4v) is 5.22. The molecule has 0 atom stereocenters. The second kappa shape index (κ2) is 10.1. The number of benzene rings is 2. The number of carbonyl (C=O) groups is 1. The molecular weight excluding hydrogens is 458 g/mol. The van der Waals surface area contributed by atoms with E-state index in [0.29, 0.717) is 39.1 Å². The van der Waals surface area contributed by atoms with Gasteiger partial charge in [-0.25, -0.2) is 4.98 Å². The van der Waals surface area contributed by atoms with Crippen LogP contribution in [0.5, 0.6) is 11.5 Å². The lowest BCUT2D eigenvalue weighted by molar-refractivity contribution is -0.113. The van der Waals surface area contributed by atoms with Crippen LogP contribution in [-0.4, -0.2) is 35.4 Å². The molecule has 0 bridgehead atoms. The van der Waals surface area contributed by atoms with Crippen molar-refractivity contribution in [2.45, 2.75) is 18.6 Å². The first-order chi connectivity index (χ1) is 16.0. The second-order valence-corrected chi connectivity index (χ2v) is 8.90. The summed E-state index contributed by atoms with van der Waals surface area (Å²) in [5.41, 5.74) is 3.07. The number of ether oxygens (including phenoxy) is 2. The van der Waals surface area contributed by atoms with E-state index in [0.717, 1.165) is 11.1 Å². The Morgan fingerprint density at radius 2 is 1.82 bits per heavy atom. The number of hydrogen-bond acceptors (Lipinski definition) is 7. The van der Waals surface area contributed by atoms with E-state index < -0.39 is 0 Å². The molecule has 4 aromatic rings. The summed E-state index contributed by atoms with van der Waals surface area (Å²) in [6.45, 7) is 2.37. The largest absolute Gasteiger partial charge is 0.497 e. The minimum absolute atomic E-state index is 0.0879. The van der Waals surface area contributed by atoms with Gasteiger partial charge in [-0.05, 0) is 12.5 Å². The quantitative estimate of drug-likeness (QED) is 0.285. The number of amides is 1. The Morgan fingerprint density at radius 1 is 1.12 bits per heavy atom. The Balaban J connectivity index is 1.59. The Morgan fingerprint density at radius 3 is 2.45 bits per heavy atom. The molecule has 0 aliphatic heterocycles. The van der Waals surface area contributed by atoms with Crippen molar-refractivity contribution < 1.29 is 14.3 Å². The summed E-state index contributed by atoms with van der Waals surface area (Å²) >= 11 is 2.64. The first kappa shape index (κ1) is 22.9. The molecule has 0 saturated carbocycles. The van der Waals surface area contributed by atoms with Gasteiger partial charge < -0.3 is 14.8 Å². The number of thiophene rings is 1. The molecule has 0 spiro atoms. The molecule has 1 N–H and O–H groups in total. The van der Waals surface area contributed by atoms with Gasteiger partial charge in [-0.1, -0.05) is 42.1 Å². The summed E-state index contributed by atoms with van der Waals surface area (Å²) in [6.07, 6.45) is 0. The highest BCUT2D eigenvalue weighted by molar-refractivity contribution is 7.99. The molecule has 0 unspecified atom stereocenters. The Labute approximate surface area is 199 Å². The number of anilines is 1. The lowest BCUT2D eigenvalue weighted by atomic mass is 10.1. The van der Waals surface area contributed by atoms with Crippen LogP contribution in [0.3, 0.4) is 0 Å². The van der Waals surface area contributed by atoms with Crippen LogP contribution in [0.1, 0.15) is 6.92 Å². The minimum Gasteiger partial charge on any atom is -0.497 e. The first-order valence-corrected chi connectivity index (χ1v) is 12.1. The fraction of sp³-hybridized carbons (Fsp3) is 0.208. The van der Waals surface area contributed by atoms with Gasteiger partial charge in [-0.2, -0.15) is 0 Å². The molecule has 0 saturated heterocycles. The summed E-state index contributed by atoms with van der Waals surface area (Å²) in [5.74, 6) is 1.04. The highest BCUT2D eigenvalue weighted by Crippen LogP contribution is 2.32. The number of methoxy groups -OCH3 is 2. The zero-order valence-electron chi connectivity index (χ0n) is 18.5. The zero-order valence-corrected chi connectivity index (χ0v) is 20.1. The molecule has 0 radical (unpaired) electrons. The van der Waals surface area contributed by atoms with Gasteiger partial charge in [-0.3, -0.25) is 14.2 Å². The highest BCUT2D eigenvalue weighted by atomic mass is 32.2. The van der Waals surface area contributed by atoms with Crippen molar-refractivity contribution in [2.75, 3.05) is 25.3 Å². The van der Waals surface area contributed by atoms with Gasteiger partial charge in [0.15, 0.2) is 5.16 Å². The lowest BCUT2D eigenvalue weighted by Crippen LogP contribution is -2.23. The number of nitrogens with one attached hydrogen (secondary N) is 1. The molecule has 0 fully saturated rings. The fourth-order valence-electron chi connectivity index (χ4n) is 3.40. The molecule has 0 aliphatic carbocycles. The van der Waals surface area contributed by atoms with E-state index >= 15 is 0 Å². The monoisotopic (exact) mass is 481 g/mol. The topological polar surface area (TPSA) is 82.5 Å². The van der Waals surface area contributed by atoms with Crippen LogP contribution in [0, 0.1) is 0 Å². The van der Waals surface area contributed by atoms with Gasteiger partial charge >= 0.3 is 0 Å². The van der Waals surface area contributed by atoms with Crippen LogP contribution in [-0.2, 0) is 11.3 Å². The maximum absolute atomic E-state index is 13.1. The molecule has 9 heteroatoms. The Hall–Kier alpha value is -3.30. The predicted octanol–water partition coefficient (Wildman–Crippen LogP) is 4.89. The van der Waals surface area contributed by atoms with Crippen molar-refractivity contribution in [3.63, 3.8) is 0 Å². The molecule has 2 aromatic heterocycles. The molecule has 4 rings (SSSR count). The number of thioether (sulfide) groups is 1. The van der Waals surface area contributed by atoms with Gasteiger partial charge in [0.1, 0.15) is 16.2 Å². The maximum atomic E-state index is 13.1. The number of hydrogen-bond donors (Lipinski definition) is 1. The predicted molar refractivity (Wildman–Crippen MR) is 134 cm³/mol. The second-order valence-electron chi connectivity index (χ2n) is 7.08. The highest BCUT2D eigenvalue weighted by Gasteiger charge is 2.17. The van der Waals surface area contributed by atoms with Crippen LogP contribution in [0.15, 0.2) is 63.9 Å². The third-order valence-corrected chi connectivity index (χ3v) is 6.94. The molecular formula is C24H23N3O4S2. The average Bonchev–Trinajstić information content (AvgIpc) is 3.27. The molecule has 170 valence electrons. The standard InChI is InChI=1S/C24H23N3O4S2/c1-4-27-23(29)22-21(19(13-32-22)15-8-6-5-7-9-15)26-24(27)33-14-20(28)25-16-10-17(30-2)12-18(11-16)31-3/h5-13H,4,14H2,1-3H3,(H,25,28). The van der Waals surface area contributed by atoms with Crippen molar-refractivity contribution in [1.82, 2.24) is 9.55 Å². The van der Waals surface area contributed by atoms with Gasteiger partial charge in [0.25, 0.3) is 5.56 Å². The van der Waals surface area contributed by atoms with E-state index in [1.165, 1.54) is 23.1 Å². The number of nitrogens with zero attached hydrogens (tertiary/aromatic N) is 2. The molecule has 7 nitrogen and oxygen atoms in total. The normalized spacial score (nSPS) is 10.9. The van der Waals surface area contributed by atoms with Crippen molar-refractivity contribution in [3.05, 3.63) is 64.3 Å². The summed E-state index contributed by atoms with van der Waals surface area (Å²) in [5, 5.41) is 5.33. The van der Waals surface area contributed by atoms with E-state index in [2.05, 4.69) is 5.32 Å². The maximum Gasteiger partial charge on any atom is 0.272 e. The zero-order chi connectivity index (χ0) is 23.4. The first-order valence-electron chi connectivity index (χ1n) is 10.3. The van der Waals surface area contributed by atoms with Crippen molar-refractivity contribution in [1.29, 1.82) is 0 Å². The Kier molecular flexibility index (Phi) is 7.00. The van der Waals surface area contributed by atoms with E-state index in [9.17, 15) is 9.59 Å². The number of carbonyl (C=O) groups excluding carboxylic acids is 1. The average molecular weight is 482 g/mol. The third-order valence-electron chi connectivity index (χ3n) is 5.01. The smallest absolute Gasteiger partial charge is 0.272 e. The van der Waals surface area contributed by atoms with Gasteiger partial charge in [0.2, 0.25) is 5.91 Å².